The van der Waals surface area contributed by atoms with E-state index in [9.17, 15) is 0 Å². The van der Waals surface area contributed by atoms with E-state index in [1.807, 2.05) is 13.0 Å². The Bertz CT molecular complexity index is 329. The van der Waals surface area contributed by atoms with Crippen LogP contribution in [0.1, 0.15) is 11.1 Å². The molecule has 0 atom stereocenters. The summed E-state index contributed by atoms with van der Waals surface area (Å²) < 4.78 is 0. The topological polar surface area (TPSA) is 48.8 Å². The van der Waals surface area contributed by atoms with Gasteiger partial charge in [-0.1, -0.05) is 0 Å². The molecule has 2 N–H and O–H groups in total. The lowest BCUT2D eigenvalue weighted by atomic mass is 10.1. The highest BCUT2D eigenvalue weighted by molar-refractivity contribution is 6.06. The van der Waals surface area contributed by atoms with Crippen LogP contribution in [0.15, 0.2) is 30.7 Å². The predicted molar refractivity (Wildman–Crippen MR) is 54.0 cm³/mol. The summed E-state index contributed by atoms with van der Waals surface area (Å²) in [6.07, 6.45) is 6.90. The standard InChI is InChI=1S/C10H13N3/c1-8-5-9(7-13-6-8)10(11)3-4-12-2/h3-7,11-12H,1-2H3/b4-3-,11-10?. The van der Waals surface area contributed by atoms with Gasteiger partial charge < -0.3 is 10.7 Å². The summed E-state index contributed by atoms with van der Waals surface area (Å²) in [6, 6.07) is 1.94. The van der Waals surface area contributed by atoms with Crippen LogP contribution in [0.2, 0.25) is 0 Å². The van der Waals surface area contributed by atoms with Gasteiger partial charge in [-0.05, 0) is 30.8 Å². The van der Waals surface area contributed by atoms with Gasteiger partial charge in [0, 0.05) is 25.0 Å². The van der Waals surface area contributed by atoms with Gasteiger partial charge in [-0.3, -0.25) is 4.98 Å². The van der Waals surface area contributed by atoms with E-state index in [1.165, 1.54) is 0 Å². The molecule has 0 aliphatic heterocycles. The number of pyridine rings is 1. The number of aryl methyl sites for hydroxylation is 1. The lowest BCUT2D eigenvalue weighted by Crippen LogP contribution is -1.99. The average Bonchev–Trinajstić information content (AvgIpc) is 2.14. The summed E-state index contributed by atoms with van der Waals surface area (Å²) in [6.45, 7) is 1.96. The molecule has 0 spiro atoms. The Morgan fingerprint density at radius 3 is 2.92 bits per heavy atom. The summed E-state index contributed by atoms with van der Waals surface area (Å²) >= 11 is 0. The van der Waals surface area contributed by atoms with Crippen LogP contribution in [0.5, 0.6) is 0 Å². The van der Waals surface area contributed by atoms with Crippen molar-refractivity contribution in [2.24, 2.45) is 0 Å². The minimum Gasteiger partial charge on any atom is -0.394 e. The monoisotopic (exact) mass is 175 g/mol. The second-order valence-corrected chi connectivity index (χ2v) is 2.79. The van der Waals surface area contributed by atoms with Crippen molar-refractivity contribution < 1.29 is 0 Å². The fraction of sp³-hybridized carbons (Fsp3) is 0.200. The highest BCUT2D eigenvalue weighted by atomic mass is 14.8. The van der Waals surface area contributed by atoms with E-state index < -0.39 is 0 Å². The second-order valence-electron chi connectivity index (χ2n) is 2.79. The van der Waals surface area contributed by atoms with Crippen LogP contribution in [0.25, 0.3) is 0 Å². The number of aromatic nitrogens is 1. The maximum atomic E-state index is 7.66. The van der Waals surface area contributed by atoms with Crippen molar-refractivity contribution in [3.05, 3.63) is 41.9 Å². The van der Waals surface area contributed by atoms with Gasteiger partial charge in [0.25, 0.3) is 0 Å². The van der Waals surface area contributed by atoms with Gasteiger partial charge >= 0.3 is 0 Å². The second kappa shape index (κ2) is 4.40. The van der Waals surface area contributed by atoms with Crippen LogP contribution < -0.4 is 5.32 Å². The van der Waals surface area contributed by atoms with Crippen LogP contribution in [0, 0.1) is 12.3 Å². The van der Waals surface area contributed by atoms with Gasteiger partial charge in [-0.2, -0.15) is 0 Å². The Hall–Kier alpha value is -1.64. The zero-order valence-electron chi connectivity index (χ0n) is 7.83. The van der Waals surface area contributed by atoms with Crippen molar-refractivity contribution in [1.29, 1.82) is 5.41 Å². The Labute approximate surface area is 78.0 Å². The van der Waals surface area contributed by atoms with Crippen LogP contribution in [-0.2, 0) is 0 Å². The average molecular weight is 175 g/mol. The first-order chi connectivity index (χ1) is 6.24. The van der Waals surface area contributed by atoms with E-state index >= 15 is 0 Å². The van der Waals surface area contributed by atoms with Crippen LogP contribution in [0.3, 0.4) is 0 Å². The first kappa shape index (κ1) is 9.45. The molecule has 0 aromatic carbocycles. The fourth-order valence-electron chi connectivity index (χ4n) is 0.965. The third-order valence-electron chi connectivity index (χ3n) is 1.60. The number of nitrogens with one attached hydrogen (secondary N) is 2. The maximum Gasteiger partial charge on any atom is 0.0642 e. The normalized spacial score (nSPS) is 10.3. The molecule has 0 radical (unpaired) electrons. The van der Waals surface area contributed by atoms with Gasteiger partial charge in [0.2, 0.25) is 0 Å². The molecule has 68 valence electrons. The molecule has 0 saturated heterocycles. The Morgan fingerprint density at radius 2 is 2.31 bits per heavy atom. The zero-order valence-corrected chi connectivity index (χ0v) is 7.83. The third-order valence-corrected chi connectivity index (χ3v) is 1.60. The molecule has 0 aliphatic carbocycles. The summed E-state index contributed by atoms with van der Waals surface area (Å²) in [4.78, 5) is 4.02. The van der Waals surface area contributed by atoms with Gasteiger partial charge in [-0.25, -0.2) is 0 Å². The first-order valence-corrected chi connectivity index (χ1v) is 4.08. The molecule has 0 amide bonds. The molecule has 3 heteroatoms. The van der Waals surface area contributed by atoms with Gasteiger partial charge in [0.05, 0.1) is 5.71 Å². The molecule has 3 nitrogen and oxygen atoms in total. The molecule has 1 aromatic rings. The van der Waals surface area contributed by atoms with E-state index in [0.29, 0.717) is 5.71 Å². The lowest BCUT2D eigenvalue weighted by Gasteiger charge is -1.98. The van der Waals surface area contributed by atoms with E-state index in [0.717, 1.165) is 11.1 Å². The predicted octanol–water partition coefficient (Wildman–Crippen LogP) is 1.49. The third kappa shape index (κ3) is 2.71. The van der Waals surface area contributed by atoms with Crippen LogP contribution >= 0.6 is 0 Å². The Morgan fingerprint density at radius 1 is 1.54 bits per heavy atom. The van der Waals surface area contributed by atoms with Gasteiger partial charge in [0.15, 0.2) is 0 Å². The minimum absolute atomic E-state index is 0.463. The van der Waals surface area contributed by atoms with Crippen molar-refractivity contribution in [3.63, 3.8) is 0 Å². The van der Waals surface area contributed by atoms with Crippen molar-refractivity contribution in [3.8, 4) is 0 Å². The van der Waals surface area contributed by atoms with E-state index in [2.05, 4.69) is 10.3 Å². The number of hydrogen-bond acceptors (Lipinski definition) is 3. The van der Waals surface area contributed by atoms with Crippen LogP contribution in [0.4, 0.5) is 0 Å². The molecule has 1 aromatic heterocycles. The Kier molecular flexibility index (Phi) is 3.20. The number of nitrogens with zero attached hydrogens (tertiary/aromatic N) is 1. The SMILES string of the molecule is CN/C=C\C(=N)c1cncc(C)c1. The van der Waals surface area contributed by atoms with E-state index in [4.69, 9.17) is 5.41 Å². The Balaban J connectivity index is 2.83. The van der Waals surface area contributed by atoms with E-state index in [1.54, 1.807) is 31.7 Å². The largest absolute Gasteiger partial charge is 0.394 e. The number of allylic oxidation sites excluding steroid dienone is 1. The summed E-state index contributed by atoms with van der Waals surface area (Å²) in [5, 5.41) is 10.5. The number of hydrogen-bond donors (Lipinski definition) is 2. The quantitative estimate of drug-likeness (QED) is 0.684. The molecule has 0 fully saturated rings. The molecule has 0 bridgehead atoms. The summed E-state index contributed by atoms with van der Waals surface area (Å²) in [5.74, 6) is 0. The molecule has 0 saturated carbocycles. The van der Waals surface area contributed by atoms with Gasteiger partial charge in [-0.15, -0.1) is 0 Å². The molecule has 13 heavy (non-hydrogen) atoms. The smallest absolute Gasteiger partial charge is 0.0642 e. The summed E-state index contributed by atoms with van der Waals surface area (Å²) in [5.41, 5.74) is 2.37. The zero-order chi connectivity index (χ0) is 9.68. The first-order valence-electron chi connectivity index (χ1n) is 4.08. The maximum absolute atomic E-state index is 7.66. The molecule has 1 heterocycles. The fourth-order valence-corrected chi connectivity index (χ4v) is 0.965. The van der Waals surface area contributed by atoms with Gasteiger partial charge in [0.1, 0.15) is 0 Å². The lowest BCUT2D eigenvalue weighted by molar-refractivity contribution is 1.10. The highest BCUT2D eigenvalue weighted by Crippen LogP contribution is 2.02. The molecule has 0 aliphatic rings. The highest BCUT2D eigenvalue weighted by Gasteiger charge is 1.96. The van der Waals surface area contributed by atoms with Crippen molar-refractivity contribution >= 4 is 5.71 Å². The summed E-state index contributed by atoms with van der Waals surface area (Å²) in [7, 11) is 1.80. The van der Waals surface area contributed by atoms with Crippen molar-refractivity contribution in [1.82, 2.24) is 10.3 Å². The van der Waals surface area contributed by atoms with Crippen molar-refractivity contribution in [2.75, 3.05) is 7.05 Å². The van der Waals surface area contributed by atoms with Crippen LogP contribution in [-0.4, -0.2) is 17.7 Å². The van der Waals surface area contributed by atoms with Crippen molar-refractivity contribution in [2.45, 2.75) is 6.92 Å². The van der Waals surface area contributed by atoms with E-state index in [-0.39, 0.29) is 0 Å². The molecule has 1 rings (SSSR count). The number of rotatable bonds is 3. The molecule has 0 unspecified atom stereocenters. The molecular weight excluding hydrogens is 162 g/mol. The minimum atomic E-state index is 0.463. The molecular formula is C10H13N3.